The van der Waals surface area contributed by atoms with Gasteiger partial charge in [-0.05, 0) is 61.6 Å². The molecule has 1 atom stereocenters. The van der Waals surface area contributed by atoms with E-state index in [0.717, 1.165) is 17.6 Å². The lowest BCUT2D eigenvalue weighted by Crippen LogP contribution is -2.38. The first-order valence-electron chi connectivity index (χ1n) is 8.15. The van der Waals surface area contributed by atoms with Gasteiger partial charge in [0.25, 0.3) is 5.91 Å². The molecule has 1 aliphatic rings. The van der Waals surface area contributed by atoms with Gasteiger partial charge in [0.15, 0.2) is 6.61 Å². The summed E-state index contributed by atoms with van der Waals surface area (Å²) in [6, 6.07) is 12.0. The van der Waals surface area contributed by atoms with Crippen LogP contribution in [-0.4, -0.2) is 37.0 Å². The van der Waals surface area contributed by atoms with Gasteiger partial charge in [-0.3, -0.25) is 9.69 Å². The Kier molecular flexibility index (Phi) is 6.29. The first-order valence-corrected chi connectivity index (χ1v) is 9.82. The number of rotatable bonds is 7. The highest BCUT2D eigenvalue weighted by atomic mass is 79.9. The molecule has 1 fully saturated rings. The van der Waals surface area contributed by atoms with Crippen LogP contribution < -0.4 is 10.1 Å². The van der Waals surface area contributed by atoms with Crippen molar-refractivity contribution in [3.8, 4) is 5.75 Å². The van der Waals surface area contributed by atoms with Gasteiger partial charge < -0.3 is 10.1 Å². The third-order valence-corrected chi connectivity index (χ3v) is 5.63. The minimum absolute atomic E-state index is 0.0405. The molecule has 0 saturated carbocycles. The number of hydrogen-bond donors (Lipinski definition) is 1. The zero-order chi connectivity index (χ0) is 16.8. The molecule has 2 aromatic rings. The van der Waals surface area contributed by atoms with Gasteiger partial charge in [-0.15, -0.1) is 11.3 Å². The number of hydrogen-bond acceptors (Lipinski definition) is 4. The van der Waals surface area contributed by atoms with Crippen molar-refractivity contribution in [2.75, 3.05) is 26.2 Å². The van der Waals surface area contributed by atoms with Crippen molar-refractivity contribution in [2.24, 2.45) is 0 Å². The summed E-state index contributed by atoms with van der Waals surface area (Å²) in [6.07, 6.45) is 2.48. The number of ether oxygens (including phenoxy) is 1. The summed E-state index contributed by atoms with van der Waals surface area (Å²) in [5.74, 6) is 0.612. The molecule has 128 valence electrons. The van der Waals surface area contributed by atoms with E-state index >= 15 is 0 Å². The van der Waals surface area contributed by atoms with Crippen LogP contribution >= 0.6 is 27.3 Å². The Balaban J connectivity index is 1.50. The number of carbonyl (C=O) groups is 1. The van der Waals surface area contributed by atoms with Crippen LogP contribution in [-0.2, 0) is 4.79 Å². The number of amides is 1. The minimum atomic E-state index is -0.0846. The highest BCUT2D eigenvalue weighted by Crippen LogP contribution is 2.27. The Labute approximate surface area is 154 Å². The molecule has 1 aliphatic heterocycles. The summed E-state index contributed by atoms with van der Waals surface area (Å²) >= 11 is 5.13. The van der Waals surface area contributed by atoms with Gasteiger partial charge in [-0.25, -0.2) is 0 Å². The van der Waals surface area contributed by atoms with E-state index in [1.54, 1.807) is 11.3 Å². The Morgan fingerprint density at radius 2 is 2.00 bits per heavy atom. The lowest BCUT2D eigenvalue weighted by Gasteiger charge is -2.26. The van der Waals surface area contributed by atoms with Crippen molar-refractivity contribution >= 4 is 33.2 Å². The first kappa shape index (κ1) is 17.5. The molecule has 0 unspecified atom stereocenters. The van der Waals surface area contributed by atoms with Crippen molar-refractivity contribution in [1.82, 2.24) is 10.2 Å². The van der Waals surface area contributed by atoms with Crippen LogP contribution in [0.4, 0.5) is 0 Å². The van der Waals surface area contributed by atoms with E-state index in [1.165, 1.54) is 17.7 Å². The Morgan fingerprint density at radius 1 is 1.25 bits per heavy atom. The second kappa shape index (κ2) is 8.65. The van der Waals surface area contributed by atoms with Crippen molar-refractivity contribution < 1.29 is 9.53 Å². The quantitative estimate of drug-likeness (QED) is 0.756. The van der Waals surface area contributed by atoms with E-state index in [-0.39, 0.29) is 18.6 Å². The largest absolute Gasteiger partial charge is 0.484 e. The molecule has 1 saturated heterocycles. The highest BCUT2D eigenvalue weighted by molar-refractivity contribution is 9.10. The van der Waals surface area contributed by atoms with E-state index in [1.807, 2.05) is 24.3 Å². The second-order valence-electron chi connectivity index (χ2n) is 5.82. The number of carbonyl (C=O) groups excluding carboxylic acids is 1. The normalized spacial score (nSPS) is 16.0. The fraction of sp³-hybridized carbons (Fsp3) is 0.389. The van der Waals surface area contributed by atoms with Crippen LogP contribution in [0, 0.1) is 0 Å². The molecule has 1 aromatic heterocycles. The SMILES string of the molecule is O=C(COc1ccc(Br)cc1)NC[C@H](c1cccs1)N1CCCC1. The molecular weight excluding hydrogens is 388 g/mol. The van der Waals surface area contributed by atoms with Crippen molar-refractivity contribution in [1.29, 1.82) is 0 Å². The van der Waals surface area contributed by atoms with Crippen molar-refractivity contribution in [2.45, 2.75) is 18.9 Å². The molecule has 1 aromatic carbocycles. The maximum absolute atomic E-state index is 12.1. The summed E-state index contributed by atoms with van der Waals surface area (Å²) in [4.78, 5) is 15.9. The van der Waals surface area contributed by atoms with E-state index in [2.05, 4.69) is 43.7 Å². The van der Waals surface area contributed by atoms with Crippen LogP contribution in [0.2, 0.25) is 0 Å². The van der Waals surface area contributed by atoms with Gasteiger partial charge in [0, 0.05) is 15.9 Å². The monoisotopic (exact) mass is 408 g/mol. The predicted molar refractivity (Wildman–Crippen MR) is 101 cm³/mol. The van der Waals surface area contributed by atoms with E-state index < -0.39 is 0 Å². The molecule has 0 bridgehead atoms. The van der Waals surface area contributed by atoms with Gasteiger partial charge in [0.2, 0.25) is 0 Å². The van der Waals surface area contributed by atoms with Gasteiger partial charge in [-0.1, -0.05) is 22.0 Å². The number of nitrogens with one attached hydrogen (secondary N) is 1. The molecule has 1 amide bonds. The summed E-state index contributed by atoms with van der Waals surface area (Å²) in [5.41, 5.74) is 0. The molecule has 4 nitrogen and oxygen atoms in total. The third kappa shape index (κ3) is 4.82. The van der Waals surface area contributed by atoms with Crippen LogP contribution in [0.25, 0.3) is 0 Å². The molecule has 3 rings (SSSR count). The standard InChI is InChI=1S/C18H21BrN2O2S/c19-14-5-7-15(8-6-14)23-13-18(22)20-12-16(17-4-3-11-24-17)21-9-1-2-10-21/h3-8,11,16H,1-2,9-10,12-13H2,(H,20,22)/t16-/m1/s1. The molecule has 0 aliphatic carbocycles. The molecule has 24 heavy (non-hydrogen) atoms. The summed E-state index contributed by atoms with van der Waals surface area (Å²) < 4.78 is 6.52. The summed E-state index contributed by atoms with van der Waals surface area (Å²) in [6.45, 7) is 2.88. The molecule has 1 N–H and O–H groups in total. The smallest absolute Gasteiger partial charge is 0.258 e. The summed E-state index contributed by atoms with van der Waals surface area (Å²) in [5, 5.41) is 5.12. The Morgan fingerprint density at radius 3 is 2.67 bits per heavy atom. The van der Waals surface area contributed by atoms with Crippen molar-refractivity contribution in [3.63, 3.8) is 0 Å². The topological polar surface area (TPSA) is 41.6 Å². The predicted octanol–water partition coefficient (Wildman–Crippen LogP) is 3.84. The Bertz CT molecular complexity index is 640. The molecule has 0 radical (unpaired) electrons. The van der Waals surface area contributed by atoms with Gasteiger partial charge in [0.1, 0.15) is 5.75 Å². The number of nitrogens with zero attached hydrogens (tertiary/aromatic N) is 1. The maximum atomic E-state index is 12.1. The molecular formula is C18H21BrN2O2S. The summed E-state index contributed by atoms with van der Waals surface area (Å²) in [7, 11) is 0. The van der Waals surface area contributed by atoms with Crippen LogP contribution in [0.1, 0.15) is 23.8 Å². The zero-order valence-corrected chi connectivity index (χ0v) is 15.8. The van der Waals surface area contributed by atoms with Gasteiger partial charge >= 0.3 is 0 Å². The van der Waals surface area contributed by atoms with Gasteiger partial charge in [-0.2, -0.15) is 0 Å². The third-order valence-electron chi connectivity index (χ3n) is 4.13. The maximum Gasteiger partial charge on any atom is 0.258 e. The second-order valence-corrected chi connectivity index (χ2v) is 7.72. The lowest BCUT2D eigenvalue weighted by molar-refractivity contribution is -0.123. The average Bonchev–Trinajstić information content (AvgIpc) is 3.29. The van der Waals surface area contributed by atoms with Crippen LogP contribution in [0.15, 0.2) is 46.3 Å². The van der Waals surface area contributed by atoms with Crippen molar-refractivity contribution in [3.05, 3.63) is 51.1 Å². The van der Waals surface area contributed by atoms with Crippen LogP contribution in [0.5, 0.6) is 5.75 Å². The number of benzene rings is 1. The lowest BCUT2D eigenvalue weighted by atomic mass is 10.2. The number of thiophene rings is 1. The fourth-order valence-corrected chi connectivity index (χ4v) is 4.01. The fourth-order valence-electron chi connectivity index (χ4n) is 2.89. The zero-order valence-electron chi connectivity index (χ0n) is 13.4. The van der Waals surface area contributed by atoms with Gasteiger partial charge in [0.05, 0.1) is 6.04 Å². The average molecular weight is 409 g/mol. The molecule has 6 heteroatoms. The minimum Gasteiger partial charge on any atom is -0.484 e. The number of likely N-dealkylation sites (tertiary alicyclic amines) is 1. The highest BCUT2D eigenvalue weighted by Gasteiger charge is 2.24. The first-order chi connectivity index (χ1) is 11.7. The molecule has 0 spiro atoms. The van der Waals surface area contributed by atoms with E-state index in [4.69, 9.17) is 4.74 Å². The number of halogens is 1. The Hall–Kier alpha value is -1.37. The van der Waals surface area contributed by atoms with E-state index in [0.29, 0.717) is 12.3 Å². The molecule has 2 heterocycles. The van der Waals surface area contributed by atoms with Crippen LogP contribution in [0.3, 0.4) is 0 Å². The van der Waals surface area contributed by atoms with E-state index in [9.17, 15) is 4.79 Å².